The van der Waals surface area contributed by atoms with Crippen molar-refractivity contribution >= 4 is 16.9 Å². The van der Waals surface area contributed by atoms with Gasteiger partial charge < -0.3 is 4.74 Å². The van der Waals surface area contributed by atoms with Crippen LogP contribution in [0.25, 0.3) is 22.0 Å². The third-order valence-electron chi connectivity index (χ3n) is 4.47. The molecule has 3 aromatic carbocycles. The first-order chi connectivity index (χ1) is 14.8. The zero-order chi connectivity index (χ0) is 22.2. The quantitative estimate of drug-likeness (QED) is 0.476. The summed E-state index contributed by atoms with van der Waals surface area (Å²) < 4.78 is 39.6. The lowest BCUT2D eigenvalue weighted by Crippen LogP contribution is -2.11. The molecular weight excluding hydrogens is 336 g/mol. The van der Waals surface area contributed by atoms with Gasteiger partial charge >= 0.3 is 5.97 Å². The van der Waals surface area contributed by atoms with Gasteiger partial charge in [-0.2, -0.15) is 5.10 Å². The molecule has 0 spiro atoms. The highest BCUT2D eigenvalue weighted by molar-refractivity contribution is 6.02. The standard InChI is InChI=1S/C23H20N2O2/c1-16(17-11-13-19(14-12-17)18-7-4-3-5-8-18)25-22-20(15-24-25)9-6-10-21(22)23(26)27-2/h3-16H,1-2H3/i1D3,16D. The number of benzene rings is 3. The number of carbonyl (C=O) groups is 1. The molecular formula is C23H20N2O2. The van der Waals surface area contributed by atoms with Crippen molar-refractivity contribution in [3.63, 3.8) is 0 Å². The topological polar surface area (TPSA) is 44.1 Å². The Kier molecular flexibility index (Phi) is 3.37. The second kappa shape index (κ2) is 7.08. The molecule has 0 bridgehead atoms. The van der Waals surface area contributed by atoms with Gasteiger partial charge in [-0.15, -0.1) is 0 Å². The summed E-state index contributed by atoms with van der Waals surface area (Å²) in [5, 5.41) is 4.78. The normalized spacial score (nSPS) is 15.9. The minimum Gasteiger partial charge on any atom is -0.465 e. The number of rotatable bonds is 4. The number of hydrogen-bond acceptors (Lipinski definition) is 3. The van der Waals surface area contributed by atoms with E-state index in [1.165, 1.54) is 19.4 Å². The predicted molar refractivity (Wildman–Crippen MR) is 107 cm³/mol. The largest absolute Gasteiger partial charge is 0.465 e. The average molecular weight is 360 g/mol. The highest BCUT2D eigenvalue weighted by Crippen LogP contribution is 2.28. The molecule has 1 aromatic heterocycles. The van der Waals surface area contributed by atoms with Gasteiger partial charge in [0.25, 0.3) is 0 Å². The van der Waals surface area contributed by atoms with Crippen molar-refractivity contribution in [1.29, 1.82) is 0 Å². The van der Waals surface area contributed by atoms with Crippen molar-refractivity contribution in [2.45, 2.75) is 12.9 Å². The lowest BCUT2D eigenvalue weighted by atomic mass is 10.0. The number of aromatic nitrogens is 2. The van der Waals surface area contributed by atoms with Gasteiger partial charge in [0.1, 0.15) is 0 Å². The molecule has 1 heterocycles. The first kappa shape index (κ1) is 12.9. The van der Waals surface area contributed by atoms with E-state index in [4.69, 9.17) is 10.2 Å². The molecule has 0 aliphatic heterocycles. The number of para-hydroxylation sites is 1. The number of nitrogens with zero attached hydrogens (tertiary/aromatic N) is 2. The monoisotopic (exact) mass is 360 g/mol. The number of ether oxygens (including phenoxy) is 1. The summed E-state index contributed by atoms with van der Waals surface area (Å²) in [5.74, 6) is -0.625. The summed E-state index contributed by atoms with van der Waals surface area (Å²) in [7, 11) is 1.25. The SMILES string of the molecule is [2H]C([2H])([2H])C([2H])(c1ccc(-c2ccccc2)cc1)n1ncc2cccc(C(=O)OC)c21. The average Bonchev–Trinajstić information content (AvgIpc) is 3.22. The Morgan fingerprint density at radius 3 is 2.48 bits per heavy atom. The van der Waals surface area contributed by atoms with Crippen LogP contribution in [0.1, 0.15) is 34.3 Å². The minimum atomic E-state index is -2.77. The summed E-state index contributed by atoms with van der Waals surface area (Å²) in [6.45, 7) is -2.77. The van der Waals surface area contributed by atoms with E-state index in [1.54, 1.807) is 36.4 Å². The van der Waals surface area contributed by atoms with Crippen molar-refractivity contribution in [2.24, 2.45) is 0 Å². The zero-order valence-electron chi connectivity index (χ0n) is 18.7. The molecule has 27 heavy (non-hydrogen) atoms. The van der Waals surface area contributed by atoms with Crippen molar-refractivity contribution in [2.75, 3.05) is 7.11 Å². The molecule has 0 aliphatic rings. The highest BCUT2D eigenvalue weighted by Gasteiger charge is 2.18. The Hall–Kier alpha value is -3.40. The number of esters is 1. The Bertz CT molecular complexity index is 1230. The van der Waals surface area contributed by atoms with Gasteiger partial charge in [0.05, 0.1) is 31.8 Å². The van der Waals surface area contributed by atoms with Crippen LogP contribution in [0.5, 0.6) is 0 Å². The van der Waals surface area contributed by atoms with Gasteiger partial charge in [-0.3, -0.25) is 4.68 Å². The number of methoxy groups -OCH3 is 1. The van der Waals surface area contributed by atoms with Crippen LogP contribution in [-0.4, -0.2) is 22.9 Å². The smallest absolute Gasteiger partial charge is 0.340 e. The van der Waals surface area contributed by atoms with E-state index in [2.05, 4.69) is 5.10 Å². The fraction of sp³-hybridized carbons (Fsp3) is 0.130. The van der Waals surface area contributed by atoms with E-state index < -0.39 is 18.8 Å². The van der Waals surface area contributed by atoms with E-state index >= 15 is 0 Å². The molecule has 0 radical (unpaired) electrons. The summed E-state index contributed by atoms with van der Waals surface area (Å²) in [4.78, 5) is 12.3. The third-order valence-corrected chi connectivity index (χ3v) is 4.47. The molecule has 4 nitrogen and oxygen atoms in total. The highest BCUT2D eigenvalue weighted by atomic mass is 16.5. The molecule has 4 rings (SSSR count). The van der Waals surface area contributed by atoms with Crippen LogP contribution in [-0.2, 0) is 4.74 Å². The van der Waals surface area contributed by atoms with E-state index in [1.807, 2.05) is 30.3 Å². The second-order valence-electron chi connectivity index (χ2n) is 6.08. The van der Waals surface area contributed by atoms with E-state index in [9.17, 15) is 4.79 Å². The molecule has 0 amide bonds. The molecule has 1 atom stereocenters. The molecule has 0 fully saturated rings. The summed E-state index contributed by atoms with van der Waals surface area (Å²) in [5.41, 5.74) is 2.51. The van der Waals surface area contributed by atoms with Crippen LogP contribution in [0.15, 0.2) is 79.0 Å². The molecule has 0 saturated carbocycles. The van der Waals surface area contributed by atoms with Crippen LogP contribution in [0, 0.1) is 0 Å². The van der Waals surface area contributed by atoms with E-state index in [-0.39, 0.29) is 16.6 Å². The van der Waals surface area contributed by atoms with Crippen LogP contribution < -0.4 is 0 Å². The van der Waals surface area contributed by atoms with Crippen LogP contribution >= 0.6 is 0 Å². The summed E-state index contributed by atoms with van der Waals surface area (Å²) >= 11 is 0. The molecule has 1 unspecified atom stereocenters. The van der Waals surface area contributed by atoms with Crippen molar-refractivity contribution in [3.8, 4) is 11.1 Å². The van der Waals surface area contributed by atoms with Crippen LogP contribution in [0.3, 0.4) is 0 Å². The van der Waals surface area contributed by atoms with Crippen molar-refractivity contribution in [3.05, 3.63) is 90.1 Å². The van der Waals surface area contributed by atoms with Gasteiger partial charge in [-0.1, -0.05) is 66.7 Å². The minimum absolute atomic E-state index is 0.152. The van der Waals surface area contributed by atoms with Gasteiger partial charge in [0, 0.05) is 9.50 Å². The Labute approximate surface area is 163 Å². The summed E-state index contributed by atoms with van der Waals surface area (Å²) in [6.07, 6.45) is 1.45. The Morgan fingerprint density at radius 1 is 1.04 bits per heavy atom. The third kappa shape index (κ3) is 3.10. The number of hydrogen-bond donors (Lipinski definition) is 0. The van der Waals surface area contributed by atoms with Crippen molar-refractivity contribution < 1.29 is 15.0 Å². The molecule has 0 saturated heterocycles. The maximum Gasteiger partial charge on any atom is 0.340 e. The second-order valence-corrected chi connectivity index (χ2v) is 6.08. The van der Waals surface area contributed by atoms with Crippen LogP contribution in [0.2, 0.25) is 0 Å². The predicted octanol–water partition coefficient (Wildman–Crippen LogP) is 5.10. The molecule has 134 valence electrons. The van der Waals surface area contributed by atoms with Gasteiger partial charge in [-0.25, -0.2) is 4.79 Å². The van der Waals surface area contributed by atoms with Crippen LogP contribution in [0.4, 0.5) is 0 Å². The lowest BCUT2D eigenvalue weighted by Gasteiger charge is -2.16. The fourth-order valence-electron chi connectivity index (χ4n) is 3.10. The van der Waals surface area contributed by atoms with Gasteiger partial charge in [0.2, 0.25) is 0 Å². The van der Waals surface area contributed by atoms with Crippen molar-refractivity contribution in [1.82, 2.24) is 9.78 Å². The maximum atomic E-state index is 12.3. The fourth-order valence-corrected chi connectivity index (χ4v) is 3.10. The molecule has 0 aliphatic carbocycles. The first-order valence-electron chi connectivity index (χ1n) is 10.5. The molecule has 0 N–H and O–H groups in total. The van der Waals surface area contributed by atoms with E-state index in [0.29, 0.717) is 5.39 Å². The number of fused-ring (bicyclic) bond motifs is 1. The van der Waals surface area contributed by atoms with Gasteiger partial charge in [0.15, 0.2) is 0 Å². The lowest BCUT2D eigenvalue weighted by molar-refractivity contribution is 0.0602. The first-order valence-corrected chi connectivity index (χ1v) is 8.49. The summed E-state index contributed by atoms with van der Waals surface area (Å²) in [6, 6.07) is 19.1. The zero-order valence-corrected chi connectivity index (χ0v) is 14.7. The van der Waals surface area contributed by atoms with E-state index in [0.717, 1.165) is 15.8 Å². The molecule has 4 aromatic rings. The Balaban J connectivity index is 1.92. The number of carbonyl (C=O) groups excluding carboxylic acids is 1. The van der Waals surface area contributed by atoms with Gasteiger partial charge in [-0.05, 0) is 29.6 Å². The molecule has 4 heteroatoms. The maximum absolute atomic E-state index is 12.3. The Morgan fingerprint density at radius 2 is 1.78 bits per heavy atom.